The van der Waals surface area contributed by atoms with E-state index in [1.54, 1.807) is 0 Å². The molecule has 0 atom stereocenters. The van der Waals surface area contributed by atoms with E-state index in [-0.39, 0.29) is 16.2 Å². The molecule has 0 radical (unpaired) electrons. The molecule has 19 heavy (non-hydrogen) atoms. The van der Waals surface area contributed by atoms with Gasteiger partial charge in [0.15, 0.2) is 0 Å². The van der Waals surface area contributed by atoms with Gasteiger partial charge in [-0.2, -0.15) is 10.2 Å². The lowest BCUT2D eigenvalue weighted by Gasteiger charge is -2.10. The molecule has 1 heterocycles. The lowest BCUT2D eigenvalue weighted by atomic mass is 10.1. The average molecular weight is 276 g/mol. The van der Waals surface area contributed by atoms with Crippen molar-refractivity contribution in [3.63, 3.8) is 0 Å². The number of amides is 1. The van der Waals surface area contributed by atoms with Crippen molar-refractivity contribution in [2.75, 3.05) is 5.32 Å². The number of aromatic nitrogens is 2. The summed E-state index contributed by atoms with van der Waals surface area (Å²) in [6.07, 6.45) is 2.68. The fourth-order valence-electron chi connectivity index (χ4n) is 1.50. The van der Waals surface area contributed by atoms with Crippen molar-refractivity contribution >= 4 is 28.8 Å². The number of hydrogen-bond acceptors (Lipinski definition) is 4. The maximum absolute atomic E-state index is 13.6. The number of hydrogen-bond donors (Lipinski definition) is 2. The van der Waals surface area contributed by atoms with E-state index in [0.717, 1.165) is 0 Å². The van der Waals surface area contributed by atoms with Crippen molar-refractivity contribution < 1.29 is 9.18 Å². The predicted octanol–water partition coefficient (Wildman–Crippen LogP) is 1.50. The second-order valence-corrected chi connectivity index (χ2v) is 4.05. The molecule has 0 unspecified atom stereocenters. The first kappa shape index (κ1) is 13.0. The summed E-state index contributed by atoms with van der Waals surface area (Å²) in [5, 5.41) is 9.69. The number of nitrogens with two attached hydrogens (primary N) is 1. The number of rotatable bonds is 3. The van der Waals surface area contributed by atoms with Crippen LogP contribution in [-0.2, 0) is 0 Å². The Balaban J connectivity index is 2.32. The van der Waals surface area contributed by atoms with E-state index in [9.17, 15) is 9.18 Å². The van der Waals surface area contributed by atoms with Gasteiger partial charge in [-0.1, -0.05) is 18.3 Å². The maximum atomic E-state index is 13.6. The number of carbonyl (C=O) groups is 1. The summed E-state index contributed by atoms with van der Waals surface area (Å²) in [6.45, 7) is 0. The molecule has 0 fully saturated rings. The van der Waals surface area contributed by atoms with Crippen LogP contribution in [0.5, 0.6) is 0 Å². The minimum Gasteiger partial charge on any atom is -0.389 e. The number of benzene rings is 1. The summed E-state index contributed by atoms with van der Waals surface area (Å²) in [5.74, 6) is -1.03. The molecule has 3 N–H and O–H groups in total. The Labute approximate surface area is 113 Å². The highest BCUT2D eigenvalue weighted by Gasteiger charge is 2.14. The van der Waals surface area contributed by atoms with Crippen molar-refractivity contribution in [2.45, 2.75) is 0 Å². The topological polar surface area (TPSA) is 80.9 Å². The molecule has 0 spiro atoms. The van der Waals surface area contributed by atoms with E-state index in [1.807, 2.05) is 0 Å². The van der Waals surface area contributed by atoms with Crippen LogP contribution in [0.1, 0.15) is 15.9 Å². The minimum atomic E-state index is -0.585. The first-order valence-electron chi connectivity index (χ1n) is 5.26. The van der Waals surface area contributed by atoms with Crippen LogP contribution in [0.2, 0.25) is 0 Å². The predicted molar refractivity (Wildman–Crippen MR) is 72.3 cm³/mol. The van der Waals surface area contributed by atoms with E-state index >= 15 is 0 Å². The summed E-state index contributed by atoms with van der Waals surface area (Å²) in [7, 11) is 0. The Morgan fingerprint density at radius 1 is 1.32 bits per heavy atom. The summed E-state index contributed by atoms with van der Waals surface area (Å²) < 4.78 is 13.6. The fourth-order valence-corrected chi connectivity index (χ4v) is 1.71. The molecule has 0 aliphatic rings. The van der Waals surface area contributed by atoms with Gasteiger partial charge in [-0.3, -0.25) is 4.79 Å². The van der Waals surface area contributed by atoms with Gasteiger partial charge < -0.3 is 11.1 Å². The van der Waals surface area contributed by atoms with Crippen molar-refractivity contribution in [3.05, 3.63) is 53.6 Å². The first-order valence-corrected chi connectivity index (χ1v) is 5.67. The second-order valence-electron chi connectivity index (χ2n) is 3.61. The monoisotopic (exact) mass is 276 g/mol. The number of nitrogens with one attached hydrogen (secondary N) is 1. The number of anilines is 1. The van der Waals surface area contributed by atoms with Crippen LogP contribution >= 0.6 is 12.2 Å². The van der Waals surface area contributed by atoms with Crippen LogP contribution in [-0.4, -0.2) is 21.1 Å². The third kappa shape index (κ3) is 2.89. The fraction of sp³-hybridized carbons (Fsp3) is 0. The molecule has 0 aliphatic carbocycles. The molecule has 0 aliphatic heterocycles. The Morgan fingerprint density at radius 2 is 2.11 bits per heavy atom. The normalized spacial score (nSPS) is 9.95. The zero-order valence-corrected chi connectivity index (χ0v) is 10.4. The summed E-state index contributed by atoms with van der Waals surface area (Å²) in [4.78, 5) is 11.8. The minimum absolute atomic E-state index is 0.00728. The summed E-state index contributed by atoms with van der Waals surface area (Å²) >= 11 is 4.77. The smallest absolute Gasteiger partial charge is 0.257 e. The Kier molecular flexibility index (Phi) is 3.76. The van der Waals surface area contributed by atoms with Crippen molar-refractivity contribution in [1.29, 1.82) is 0 Å². The molecule has 0 bridgehead atoms. The number of thiocarbonyl (C=S) groups is 1. The summed E-state index contributed by atoms with van der Waals surface area (Å²) in [5.41, 5.74) is 5.97. The van der Waals surface area contributed by atoms with Gasteiger partial charge in [0, 0.05) is 0 Å². The Bertz CT molecular complexity index is 633. The highest BCUT2D eigenvalue weighted by atomic mass is 32.1. The van der Waals surface area contributed by atoms with Gasteiger partial charge in [0.1, 0.15) is 10.8 Å². The molecule has 5 nitrogen and oxygen atoms in total. The molecular formula is C12H9FN4OS. The van der Waals surface area contributed by atoms with E-state index in [2.05, 4.69) is 15.5 Å². The van der Waals surface area contributed by atoms with Crippen LogP contribution in [0.15, 0.2) is 36.7 Å². The number of carbonyl (C=O) groups excluding carboxylic acids is 1. The molecule has 96 valence electrons. The van der Waals surface area contributed by atoms with Crippen molar-refractivity contribution in [2.24, 2.45) is 5.73 Å². The number of halogens is 1. The summed E-state index contributed by atoms with van der Waals surface area (Å²) in [6, 6.07) is 5.68. The molecule has 0 saturated heterocycles. The lowest BCUT2D eigenvalue weighted by molar-refractivity contribution is 0.102. The van der Waals surface area contributed by atoms with Gasteiger partial charge in [-0.15, -0.1) is 0 Å². The molecule has 2 aromatic rings. The lowest BCUT2D eigenvalue weighted by Crippen LogP contribution is -2.19. The molecular weight excluding hydrogens is 267 g/mol. The highest BCUT2D eigenvalue weighted by Crippen LogP contribution is 2.19. The van der Waals surface area contributed by atoms with Gasteiger partial charge in [0.05, 0.1) is 29.2 Å². The molecule has 7 heteroatoms. The van der Waals surface area contributed by atoms with Gasteiger partial charge in [0.2, 0.25) is 0 Å². The van der Waals surface area contributed by atoms with Crippen LogP contribution in [0.4, 0.5) is 10.1 Å². The molecule has 1 aromatic heterocycles. The molecule has 0 saturated carbocycles. The van der Waals surface area contributed by atoms with Gasteiger partial charge in [-0.05, 0) is 18.2 Å². The largest absolute Gasteiger partial charge is 0.389 e. The highest BCUT2D eigenvalue weighted by molar-refractivity contribution is 7.80. The maximum Gasteiger partial charge on any atom is 0.257 e. The van der Waals surface area contributed by atoms with Crippen LogP contribution in [0.3, 0.4) is 0 Å². The quantitative estimate of drug-likeness (QED) is 0.830. The van der Waals surface area contributed by atoms with E-state index < -0.39 is 11.7 Å². The van der Waals surface area contributed by atoms with E-state index in [4.69, 9.17) is 18.0 Å². The van der Waals surface area contributed by atoms with Gasteiger partial charge >= 0.3 is 0 Å². The zero-order valence-electron chi connectivity index (χ0n) is 9.63. The van der Waals surface area contributed by atoms with Gasteiger partial charge in [-0.25, -0.2) is 4.39 Å². The molecule has 2 rings (SSSR count). The second kappa shape index (κ2) is 5.49. The van der Waals surface area contributed by atoms with Crippen LogP contribution < -0.4 is 11.1 Å². The zero-order chi connectivity index (χ0) is 13.8. The SMILES string of the molecule is NC(=S)c1c(F)cccc1NC(=O)c1ccnnc1. The van der Waals surface area contributed by atoms with Crippen LogP contribution in [0, 0.1) is 5.82 Å². The first-order chi connectivity index (χ1) is 9.09. The Morgan fingerprint density at radius 3 is 2.74 bits per heavy atom. The van der Waals surface area contributed by atoms with E-state index in [0.29, 0.717) is 5.56 Å². The van der Waals surface area contributed by atoms with Gasteiger partial charge in [0.25, 0.3) is 5.91 Å². The Hall–Kier alpha value is -2.41. The average Bonchev–Trinajstić information content (AvgIpc) is 2.39. The molecule has 1 amide bonds. The standard InChI is InChI=1S/C12H9FN4OS/c13-8-2-1-3-9(10(8)11(14)19)17-12(18)7-4-5-15-16-6-7/h1-6H,(H2,14,19)(H,17,18). The van der Waals surface area contributed by atoms with Crippen molar-refractivity contribution in [3.8, 4) is 0 Å². The molecule has 1 aromatic carbocycles. The van der Waals surface area contributed by atoms with E-state index in [1.165, 1.54) is 36.7 Å². The van der Waals surface area contributed by atoms with Crippen molar-refractivity contribution in [1.82, 2.24) is 10.2 Å². The number of nitrogens with zero attached hydrogens (tertiary/aromatic N) is 2. The third-order valence-corrected chi connectivity index (χ3v) is 2.56. The van der Waals surface area contributed by atoms with Crippen LogP contribution in [0.25, 0.3) is 0 Å². The third-order valence-electron chi connectivity index (χ3n) is 2.35.